The monoisotopic (exact) mass is 274 g/mol. The number of aromatic nitrogens is 2. The van der Waals surface area contributed by atoms with E-state index in [0.717, 1.165) is 18.7 Å². The third kappa shape index (κ3) is 3.81. The van der Waals surface area contributed by atoms with Crippen molar-refractivity contribution in [2.24, 2.45) is 0 Å². The van der Waals surface area contributed by atoms with Gasteiger partial charge in [-0.3, -0.25) is 4.79 Å². The van der Waals surface area contributed by atoms with E-state index in [1.54, 1.807) is 12.1 Å². The molecule has 0 bridgehead atoms. The Bertz CT molecular complexity index is 563. The third-order valence-electron chi connectivity index (χ3n) is 2.67. The van der Waals surface area contributed by atoms with Crippen LogP contribution in [0.5, 0.6) is 0 Å². The van der Waals surface area contributed by atoms with Crippen LogP contribution < -0.4 is 10.6 Å². The van der Waals surface area contributed by atoms with Gasteiger partial charge in [0.05, 0.1) is 6.54 Å². The number of nitrogens with one attached hydrogen (secondary N) is 2. The van der Waals surface area contributed by atoms with E-state index in [-0.39, 0.29) is 11.6 Å². The summed E-state index contributed by atoms with van der Waals surface area (Å²) < 4.78 is 5.37. The van der Waals surface area contributed by atoms with Gasteiger partial charge in [-0.05, 0) is 37.6 Å². The Balaban J connectivity index is 1.88. The van der Waals surface area contributed by atoms with Crippen LogP contribution in [-0.2, 0) is 6.54 Å². The summed E-state index contributed by atoms with van der Waals surface area (Å²) in [6.45, 7) is 5.10. The molecule has 0 aliphatic heterocycles. The molecule has 2 N–H and O–H groups in total. The maximum atomic E-state index is 11.9. The first-order valence-corrected chi connectivity index (χ1v) is 6.60. The zero-order valence-electron chi connectivity index (χ0n) is 11.6. The van der Waals surface area contributed by atoms with Crippen LogP contribution in [0.4, 0.5) is 5.82 Å². The Morgan fingerprint density at radius 2 is 2.10 bits per heavy atom. The van der Waals surface area contributed by atoms with Crippen molar-refractivity contribution >= 4 is 11.7 Å². The second-order valence-electron chi connectivity index (χ2n) is 4.43. The Labute approximate surface area is 117 Å². The van der Waals surface area contributed by atoms with E-state index >= 15 is 0 Å². The van der Waals surface area contributed by atoms with Crippen LogP contribution in [0.25, 0.3) is 0 Å². The largest absolute Gasteiger partial charge is 0.465 e. The van der Waals surface area contributed by atoms with Crippen LogP contribution in [0.15, 0.2) is 28.7 Å². The molecule has 0 unspecified atom stereocenters. The maximum absolute atomic E-state index is 11.9. The van der Waals surface area contributed by atoms with Crippen molar-refractivity contribution in [1.29, 1.82) is 0 Å². The second kappa shape index (κ2) is 6.70. The molecule has 6 heteroatoms. The molecule has 2 heterocycles. The number of furan rings is 1. The molecule has 6 nitrogen and oxygen atoms in total. The summed E-state index contributed by atoms with van der Waals surface area (Å²) in [5, 5.41) is 13.7. The summed E-state index contributed by atoms with van der Waals surface area (Å²) in [7, 11) is 0. The summed E-state index contributed by atoms with van der Waals surface area (Å²) in [4.78, 5) is 11.9. The van der Waals surface area contributed by atoms with Crippen molar-refractivity contribution in [3.05, 3.63) is 41.5 Å². The lowest BCUT2D eigenvalue weighted by atomic mass is 10.3. The van der Waals surface area contributed by atoms with E-state index in [9.17, 15) is 4.79 Å². The fourth-order valence-corrected chi connectivity index (χ4v) is 1.64. The molecule has 2 aromatic rings. The molecule has 20 heavy (non-hydrogen) atoms. The fourth-order valence-electron chi connectivity index (χ4n) is 1.64. The van der Waals surface area contributed by atoms with Crippen molar-refractivity contribution in [1.82, 2.24) is 15.5 Å². The average molecular weight is 274 g/mol. The Morgan fingerprint density at radius 3 is 2.70 bits per heavy atom. The van der Waals surface area contributed by atoms with E-state index < -0.39 is 0 Å². The average Bonchev–Trinajstić information content (AvgIpc) is 2.89. The zero-order valence-corrected chi connectivity index (χ0v) is 11.6. The quantitative estimate of drug-likeness (QED) is 0.843. The molecule has 1 amide bonds. The molecule has 0 aliphatic rings. The standard InChI is InChI=1S/C14H18N4O2/c1-3-8-15-13-7-6-12(17-18-13)14(19)16-9-11-5-4-10(2)20-11/h4-7H,3,8-9H2,1-2H3,(H,15,18)(H,16,19). The molecule has 0 saturated heterocycles. The van der Waals surface area contributed by atoms with Crippen LogP contribution in [0.3, 0.4) is 0 Å². The number of carbonyl (C=O) groups is 1. The van der Waals surface area contributed by atoms with Crippen molar-refractivity contribution < 1.29 is 9.21 Å². The molecule has 0 atom stereocenters. The van der Waals surface area contributed by atoms with E-state index in [1.807, 2.05) is 19.1 Å². The van der Waals surface area contributed by atoms with Crippen molar-refractivity contribution in [2.75, 3.05) is 11.9 Å². The van der Waals surface area contributed by atoms with Crippen molar-refractivity contribution in [3.8, 4) is 0 Å². The van der Waals surface area contributed by atoms with E-state index in [2.05, 4.69) is 27.8 Å². The van der Waals surface area contributed by atoms with Gasteiger partial charge < -0.3 is 15.1 Å². The highest BCUT2D eigenvalue weighted by Gasteiger charge is 2.08. The normalized spacial score (nSPS) is 10.3. The Morgan fingerprint density at radius 1 is 1.25 bits per heavy atom. The second-order valence-corrected chi connectivity index (χ2v) is 4.43. The van der Waals surface area contributed by atoms with Gasteiger partial charge in [-0.2, -0.15) is 0 Å². The van der Waals surface area contributed by atoms with Crippen LogP contribution in [0, 0.1) is 6.92 Å². The predicted octanol–water partition coefficient (Wildman–Crippen LogP) is 2.13. The summed E-state index contributed by atoms with van der Waals surface area (Å²) in [5.74, 6) is 1.93. The molecule has 106 valence electrons. The van der Waals surface area contributed by atoms with Gasteiger partial charge in [0.1, 0.15) is 17.3 Å². The van der Waals surface area contributed by atoms with E-state index in [0.29, 0.717) is 18.1 Å². The number of hydrogen-bond acceptors (Lipinski definition) is 5. The molecule has 2 rings (SSSR count). The minimum Gasteiger partial charge on any atom is -0.465 e. The highest BCUT2D eigenvalue weighted by Crippen LogP contribution is 2.06. The lowest BCUT2D eigenvalue weighted by Gasteiger charge is -2.04. The first kappa shape index (κ1) is 14.0. The molecule has 0 radical (unpaired) electrons. The summed E-state index contributed by atoms with van der Waals surface area (Å²) in [5.41, 5.74) is 0.287. The number of carbonyl (C=O) groups excluding carboxylic acids is 1. The smallest absolute Gasteiger partial charge is 0.272 e. The van der Waals surface area contributed by atoms with Crippen LogP contribution in [0.2, 0.25) is 0 Å². The number of rotatable bonds is 6. The van der Waals surface area contributed by atoms with Gasteiger partial charge in [-0.25, -0.2) is 0 Å². The van der Waals surface area contributed by atoms with Gasteiger partial charge in [0.15, 0.2) is 5.69 Å². The molecule has 0 aromatic carbocycles. The number of amides is 1. The van der Waals surface area contributed by atoms with Crippen molar-refractivity contribution in [2.45, 2.75) is 26.8 Å². The van der Waals surface area contributed by atoms with Crippen LogP contribution >= 0.6 is 0 Å². The molecule has 0 fully saturated rings. The maximum Gasteiger partial charge on any atom is 0.272 e. The van der Waals surface area contributed by atoms with Gasteiger partial charge in [-0.15, -0.1) is 10.2 Å². The van der Waals surface area contributed by atoms with E-state index in [1.165, 1.54) is 0 Å². The lowest BCUT2D eigenvalue weighted by molar-refractivity contribution is 0.0942. The molecular formula is C14H18N4O2. The number of nitrogens with zero attached hydrogens (tertiary/aromatic N) is 2. The van der Waals surface area contributed by atoms with E-state index in [4.69, 9.17) is 4.42 Å². The Kier molecular flexibility index (Phi) is 4.70. The minimum atomic E-state index is -0.270. The SMILES string of the molecule is CCCNc1ccc(C(=O)NCc2ccc(C)o2)nn1. The predicted molar refractivity (Wildman–Crippen MR) is 75.4 cm³/mol. The minimum absolute atomic E-state index is 0.270. The highest BCUT2D eigenvalue weighted by molar-refractivity contribution is 5.92. The van der Waals surface area contributed by atoms with Gasteiger partial charge in [-0.1, -0.05) is 6.92 Å². The van der Waals surface area contributed by atoms with Crippen molar-refractivity contribution in [3.63, 3.8) is 0 Å². The molecule has 0 aliphatic carbocycles. The lowest BCUT2D eigenvalue weighted by Crippen LogP contribution is -2.24. The molecule has 0 spiro atoms. The first-order valence-electron chi connectivity index (χ1n) is 6.60. The third-order valence-corrected chi connectivity index (χ3v) is 2.67. The summed E-state index contributed by atoms with van der Waals surface area (Å²) in [6.07, 6.45) is 1.01. The van der Waals surface area contributed by atoms with Gasteiger partial charge in [0.25, 0.3) is 5.91 Å². The molecular weight excluding hydrogens is 256 g/mol. The number of hydrogen-bond donors (Lipinski definition) is 2. The van der Waals surface area contributed by atoms with Gasteiger partial charge in [0, 0.05) is 6.54 Å². The van der Waals surface area contributed by atoms with Gasteiger partial charge >= 0.3 is 0 Å². The number of anilines is 1. The number of aryl methyl sites for hydroxylation is 1. The fraction of sp³-hybridized carbons (Fsp3) is 0.357. The van der Waals surface area contributed by atoms with Crippen LogP contribution in [0.1, 0.15) is 35.4 Å². The highest BCUT2D eigenvalue weighted by atomic mass is 16.3. The molecule has 0 saturated carbocycles. The summed E-state index contributed by atoms with van der Waals surface area (Å²) in [6, 6.07) is 7.08. The van der Waals surface area contributed by atoms with Crippen LogP contribution in [-0.4, -0.2) is 22.6 Å². The first-order chi connectivity index (χ1) is 9.69. The molecule has 2 aromatic heterocycles. The summed E-state index contributed by atoms with van der Waals surface area (Å²) >= 11 is 0. The topological polar surface area (TPSA) is 80.0 Å². The van der Waals surface area contributed by atoms with Gasteiger partial charge in [0.2, 0.25) is 0 Å². The Hall–Kier alpha value is -2.37. The zero-order chi connectivity index (χ0) is 14.4.